The van der Waals surface area contributed by atoms with Gasteiger partial charge in [-0.3, -0.25) is 0 Å². The van der Waals surface area contributed by atoms with Crippen LogP contribution in [-0.4, -0.2) is 12.7 Å². The number of benzene rings is 1. The van der Waals surface area contributed by atoms with E-state index in [1.807, 2.05) is 0 Å². The van der Waals surface area contributed by atoms with Crippen molar-refractivity contribution in [3.63, 3.8) is 0 Å². The molecule has 0 heterocycles. The number of aliphatic imine (C=N–C) groups is 1. The third kappa shape index (κ3) is 2.80. The van der Waals surface area contributed by atoms with E-state index in [0.29, 0.717) is 0 Å². The van der Waals surface area contributed by atoms with E-state index < -0.39 is 6.61 Å². The molecule has 0 bridgehead atoms. The van der Waals surface area contributed by atoms with Crippen LogP contribution < -0.4 is 4.74 Å². The molecule has 1 rings (SSSR count). The summed E-state index contributed by atoms with van der Waals surface area (Å²) in [6.07, 6.45) is 1.29. The molecule has 3 nitrogen and oxygen atoms in total. The number of carbonyl (C=O) groups excluding carboxylic acids is 1. The normalized spacial score (nSPS) is 9.71. The van der Waals surface area contributed by atoms with Gasteiger partial charge in [-0.25, -0.2) is 4.79 Å². The molecule has 0 spiro atoms. The van der Waals surface area contributed by atoms with Crippen molar-refractivity contribution in [3.05, 3.63) is 23.2 Å². The van der Waals surface area contributed by atoms with Crippen LogP contribution >= 0.6 is 11.6 Å². The molecule has 0 atom stereocenters. The molecule has 1 aromatic rings. The maximum Gasteiger partial charge on any atom is 0.387 e. The lowest BCUT2D eigenvalue weighted by atomic mass is 10.3. The summed E-state index contributed by atoms with van der Waals surface area (Å²) < 4.78 is 27.6. The van der Waals surface area contributed by atoms with Gasteiger partial charge in [-0.05, 0) is 12.1 Å². The van der Waals surface area contributed by atoms with E-state index in [1.165, 1.54) is 18.2 Å². The van der Waals surface area contributed by atoms with E-state index in [1.54, 1.807) is 0 Å². The molecule has 0 unspecified atom stereocenters. The van der Waals surface area contributed by atoms with Gasteiger partial charge >= 0.3 is 6.61 Å². The molecule has 0 saturated carbocycles. The van der Waals surface area contributed by atoms with Gasteiger partial charge in [0.1, 0.15) is 5.75 Å². The summed E-state index contributed by atoms with van der Waals surface area (Å²) in [4.78, 5) is 13.1. The smallest absolute Gasteiger partial charge is 0.387 e. The second kappa shape index (κ2) is 4.69. The van der Waals surface area contributed by atoms with E-state index in [0.717, 1.165) is 6.07 Å². The summed E-state index contributed by atoms with van der Waals surface area (Å²) in [5, 5.41) is 0.0477. The molecule has 0 aliphatic rings. The van der Waals surface area contributed by atoms with Crippen LogP contribution in [0.15, 0.2) is 23.2 Å². The fourth-order valence-electron chi connectivity index (χ4n) is 0.804. The lowest BCUT2D eigenvalue weighted by Gasteiger charge is -2.04. The van der Waals surface area contributed by atoms with Crippen LogP contribution in [0, 0.1) is 0 Å². The van der Waals surface area contributed by atoms with Gasteiger partial charge in [0.2, 0.25) is 6.08 Å². The first-order valence-corrected chi connectivity index (χ1v) is 3.83. The Morgan fingerprint density at radius 1 is 1.50 bits per heavy atom. The van der Waals surface area contributed by atoms with Crippen molar-refractivity contribution in [2.45, 2.75) is 6.61 Å². The number of hydrogen-bond donors (Lipinski definition) is 0. The van der Waals surface area contributed by atoms with E-state index in [9.17, 15) is 13.6 Å². The van der Waals surface area contributed by atoms with Gasteiger partial charge in [-0.2, -0.15) is 13.8 Å². The van der Waals surface area contributed by atoms with E-state index >= 15 is 0 Å². The minimum atomic E-state index is -2.91. The van der Waals surface area contributed by atoms with Gasteiger partial charge in [0.25, 0.3) is 0 Å². The Balaban J connectivity index is 2.94. The second-order valence-corrected chi connectivity index (χ2v) is 2.60. The van der Waals surface area contributed by atoms with Gasteiger partial charge < -0.3 is 4.74 Å². The SMILES string of the molecule is O=C=Nc1ccc(OC(F)F)cc1Cl. The number of rotatable bonds is 3. The average molecular weight is 220 g/mol. The molecular formula is C8H4ClF2NO2. The lowest BCUT2D eigenvalue weighted by molar-refractivity contribution is -0.0498. The van der Waals surface area contributed by atoms with Crippen molar-refractivity contribution >= 4 is 23.4 Å². The Kier molecular flexibility index (Phi) is 3.56. The Morgan fingerprint density at radius 2 is 2.21 bits per heavy atom. The third-order valence-corrected chi connectivity index (χ3v) is 1.61. The van der Waals surface area contributed by atoms with Crippen molar-refractivity contribution in [1.82, 2.24) is 0 Å². The third-order valence-electron chi connectivity index (χ3n) is 1.31. The van der Waals surface area contributed by atoms with Crippen molar-refractivity contribution in [2.75, 3.05) is 0 Å². The van der Waals surface area contributed by atoms with Crippen LogP contribution in [0.4, 0.5) is 14.5 Å². The van der Waals surface area contributed by atoms with Crippen LogP contribution in [0.3, 0.4) is 0 Å². The van der Waals surface area contributed by atoms with Gasteiger partial charge in [-0.15, -0.1) is 0 Å². The maximum absolute atomic E-state index is 11.7. The predicted octanol–water partition coefficient (Wildman–Crippen LogP) is 2.91. The predicted molar refractivity (Wildman–Crippen MR) is 45.9 cm³/mol. The highest BCUT2D eigenvalue weighted by Gasteiger charge is 2.06. The first kappa shape index (κ1) is 10.6. The molecule has 0 fully saturated rings. The number of alkyl halides is 2. The highest BCUT2D eigenvalue weighted by Crippen LogP contribution is 2.29. The van der Waals surface area contributed by atoms with Crippen LogP contribution in [-0.2, 0) is 4.79 Å². The summed E-state index contributed by atoms with van der Waals surface area (Å²) in [7, 11) is 0. The number of hydrogen-bond acceptors (Lipinski definition) is 3. The average Bonchev–Trinajstić information content (AvgIpc) is 2.09. The Labute approximate surface area is 83.0 Å². The number of halogens is 3. The number of isocyanates is 1. The van der Waals surface area contributed by atoms with Crippen molar-refractivity contribution < 1.29 is 18.3 Å². The molecule has 6 heteroatoms. The molecule has 1 aromatic carbocycles. The minimum absolute atomic E-state index is 0.0477. The topological polar surface area (TPSA) is 38.7 Å². The fraction of sp³-hybridized carbons (Fsp3) is 0.125. The van der Waals surface area contributed by atoms with Gasteiger partial charge in [-0.1, -0.05) is 11.6 Å². The zero-order chi connectivity index (χ0) is 10.6. The van der Waals surface area contributed by atoms with Crippen LogP contribution in [0.5, 0.6) is 5.75 Å². The van der Waals surface area contributed by atoms with Gasteiger partial charge in [0.05, 0.1) is 10.7 Å². The Morgan fingerprint density at radius 3 is 2.71 bits per heavy atom. The van der Waals surface area contributed by atoms with E-state index in [-0.39, 0.29) is 16.5 Å². The molecule has 74 valence electrons. The molecule has 0 aromatic heterocycles. The van der Waals surface area contributed by atoms with Crippen molar-refractivity contribution in [1.29, 1.82) is 0 Å². The molecule has 0 N–H and O–H groups in total. The summed E-state index contributed by atoms with van der Waals surface area (Å²) in [6, 6.07) is 3.66. The fourth-order valence-corrected chi connectivity index (χ4v) is 1.02. The van der Waals surface area contributed by atoms with Gasteiger partial charge in [0.15, 0.2) is 0 Å². The highest BCUT2D eigenvalue weighted by molar-refractivity contribution is 6.33. The monoisotopic (exact) mass is 219 g/mol. The summed E-state index contributed by atoms with van der Waals surface area (Å²) in [5.74, 6) is -0.0881. The summed E-state index contributed by atoms with van der Waals surface area (Å²) in [5.41, 5.74) is 0.156. The van der Waals surface area contributed by atoms with Crippen molar-refractivity contribution in [2.24, 2.45) is 4.99 Å². The highest BCUT2D eigenvalue weighted by atomic mass is 35.5. The molecule has 0 amide bonds. The second-order valence-electron chi connectivity index (χ2n) is 2.19. The lowest BCUT2D eigenvalue weighted by Crippen LogP contribution is -2.01. The Bertz CT molecular complexity index is 378. The van der Waals surface area contributed by atoms with Crippen molar-refractivity contribution in [3.8, 4) is 5.75 Å². The standard InChI is InChI=1S/C8H4ClF2NO2/c9-6-3-5(14-8(10)11)1-2-7(6)12-4-13/h1-3,8H. The molecule has 0 radical (unpaired) electrons. The molecule has 0 saturated heterocycles. The zero-order valence-electron chi connectivity index (χ0n) is 6.71. The van der Waals surface area contributed by atoms with Crippen LogP contribution in [0.25, 0.3) is 0 Å². The number of nitrogens with zero attached hydrogens (tertiary/aromatic N) is 1. The quantitative estimate of drug-likeness (QED) is 0.579. The Hall–Kier alpha value is -1.45. The molecule has 14 heavy (non-hydrogen) atoms. The largest absolute Gasteiger partial charge is 0.435 e. The first-order chi connectivity index (χ1) is 6.63. The first-order valence-electron chi connectivity index (χ1n) is 3.45. The summed E-state index contributed by atoms with van der Waals surface area (Å²) in [6.45, 7) is -2.91. The summed E-state index contributed by atoms with van der Waals surface area (Å²) >= 11 is 5.59. The maximum atomic E-state index is 11.7. The minimum Gasteiger partial charge on any atom is -0.435 e. The van der Waals surface area contributed by atoms with Gasteiger partial charge in [0, 0.05) is 6.07 Å². The number of ether oxygens (including phenoxy) is 1. The van der Waals surface area contributed by atoms with E-state index in [2.05, 4.69) is 9.73 Å². The molecule has 0 aliphatic carbocycles. The molecular weight excluding hydrogens is 216 g/mol. The van der Waals surface area contributed by atoms with Crippen LogP contribution in [0.2, 0.25) is 5.02 Å². The van der Waals surface area contributed by atoms with Crippen LogP contribution in [0.1, 0.15) is 0 Å². The van der Waals surface area contributed by atoms with E-state index in [4.69, 9.17) is 11.6 Å². The molecule has 0 aliphatic heterocycles. The zero-order valence-corrected chi connectivity index (χ0v) is 7.46.